The number of nitrogens with zero attached hydrogens (tertiary/aromatic N) is 1. The highest BCUT2D eigenvalue weighted by atomic mass is 35.5. The standard InChI is InChI=1S/C21H18ClFN2O3S2/c1-25(30(27,28)18-10-8-17(29-2)9-11-18)16-6-3-14(4-7-16)21(26)24-15-5-12-20(23)19(22)13-15/h3-13H,1-2H3,(H,24,26). The first-order valence-corrected chi connectivity index (χ1v) is 11.8. The molecule has 0 bridgehead atoms. The number of hydrogen-bond donors (Lipinski definition) is 1. The lowest BCUT2D eigenvalue weighted by atomic mass is 10.2. The van der Waals surface area contributed by atoms with E-state index in [0.717, 1.165) is 15.3 Å². The van der Waals surface area contributed by atoms with Gasteiger partial charge in [-0.25, -0.2) is 12.8 Å². The number of hydrogen-bond acceptors (Lipinski definition) is 4. The van der Waals surface area contributed by atoms with Crippen molar-refractivity contribution in [3.63, 3.8) is 0 Å². The minimum absolute atomic E-state index is 0.0967. The van der Waals surface area contributed by atoms with Crippen molar-refractivity contribution in [1.29, 1.82) is 0 Å². The smallest absolute Gasteiger partial charge is 0.264 e. The molecule has 0 saturated carbocycles. The van der Waals surface area contributed by atoms with E-state index in [0.29, 0.717) is 16.9 Å². The van der Waals surface area contributed by atoms with Crippen molar-refractivity contribution in [3.05, 3.63) is 83.1 Å². The molecule has 0 radical (unpaired) electrons. The number of halogens is 2. The van der Waals surface area contributed by atoms with E-state index < -0.39 is 21.7 Å². The summed E-state index contributed by atoms with van der Waals surface area (Å²) in [4.78, 5) is 13.5. The number of amides is 1. The maximum Gasteiger partial charge on any atom is 0.264 e. The Kier molecular flexibility index (Phi) is 6.70. The Labute approximate surface area is 183 Å². The maximum absolute atomic E-state index is 13.2. The molecule has 5 nitrogen and oxygen atoms in total. The molecular weight excluding hydrogens is 447 g/mol. The molecule has 0 saturated heterocycles. The Morgan fingerprint density at radius 3 is 2.23 bits per heavy atom. The van der Waals surface area contributed by atoms with Crippen molar-refractivity contribution >= 4 is 50.7 Å². The average Bonchev–Trinajstić information content (AvgIpc) is 2.76. The monoisotopic (exact) mass is 464 g/mol. The molecule has 0 heterocycles. The van der Waals surface area contributed by atoms with Crippen LogP contribution in [0.2, 0.25) is 5.02 Å². The number of anilines is 2. The van der Waals surface area contributed by atoms with Crippen LogP contribution in [-0.2, 0) is 10.0 Å². The van der Waals surface area contributed by atoms with Gasteiger partial charge in [0, 0.05) is 23.2 Å². The van der Waals surface area contributed by atoms with Crippen LogP contribution in [0.3, 0.4) is 0 Å². The Morgan fingerprint density at radius 1 is 1.03 bits per heavy atom. The maximum atomic E-state index is 13.2. The molecular formula is C21H18ClFN2O3S2. The summed E-state index contributed by atoms with van der Waals surface area (Å²) < 4.78 is 40.1. The third-order valence-corrected chi connectivity index (χ3v) is 7.22. The molecule has 156 valence electrons. The van der Waals surface area contributed by atoms with Gasteiger partial charge in [-0.05, 0) is 73.0 Å². The highest BCUT2D eigenvalue weighted by Crippen LogP contribution is 2.25. The quantitative estimate of drug-likeness (QED) is 0.504. The van der Waals surface area contributed by atoms with Gasteiger partial charge in [0.05, 0.1) is 15.6 Å². The molecule has 0 fully saturated rings. The summed E-state index contributed by atoms with van der Waals surface area (Å²) in [6.07, 6.45) is 1.91. The van der Waals surface area contributed by atoms with Crippen molar-refractivity contribution < 1.29 is 17.6 Å². The number of benzene rings is 3. The van der Waals surface area contributed by atoms with Crippen LogP contribution in [-0.4, -0.2) is 27.6 Å². The fraction of sp³-hybridized carbons (Fsp3) is 0.0952. The lowest BCUT2D eigenvalue weighted by Gasteiger charge is -2.20. The van der Waals surface area contributed by atoms with E-state index in [1.54, 1.807) is 36.4 Å². The second-order valence-corrected chi connectivity index (χ2v) is 9.53. The topological polar surface area (TPSA) is 66.5 Å². The van der Waals surface area contributed by atoms with E-state index in [-0.39, 0.29) is 9.92 Å². The normalized spacial score (nSPS) is 11.2. The Bertz CT molecular complexity index is 1170. The number of nitrogens with one attached hydrogen (secondary N) is 1. The molecule has 0 atom stereocenters. The summed E-state index contributed by atoms with van der Waals surface area (Å²) in [6, 6.07) is 16.6. The average molecular weight is 465 g/mol. The first kappa shape index (κ1) is 22.1. The summed E-state index contributed by atoms with van der Waals surface area (Å²) in [5.74, 6) is -1.01. The first-order chi connectivity index (χ1) is 14.2. The molecule has 0 aliphatic heterocycles. The number of carbonyl (C=O) groups excluding carboxylic acids is 1. The number of carbonyl (C=O) groups is 1. The van der Waals surface area contributed by atoms with Crippen molar-refractivity contribution in [2.24, 2.45) is 0 Å². The highest BCUT2D eigenvalue weighted by molar-refractivity contribution is 7.98. The number of sulfonamides is 1. The molecule has 1 N–H and O–H groups in total. The third-order valence-electron chi connectivity index (χ3n) is 4.39. The fourth-order valence-electron chi connectivity index (χ4n) is 2.64. The summed E-state index contributed by atoms with van der Waals surface area (Å²) in [5, 5.41) is 2.52. The molecule has 3 aromatic rings. The van der Waals surface area contributed by atoms with Gasteiger partial charge in [0.15, 0.2) is 0 Å². The van der Waals surface area contributed by atoms with Crippen LogP contribution in [0.25, 0.3) is 0 Å². The molecule has 30 heavy (non-hydrogen) atoms. The van der Waals surface area contributed by atoms with Crippen molar-refractivity contribution in [2.75, 3.05) is 22.9 Å². The number of thioether (sulfide) groups is 1. The van der Waals surface area contributed by atoms with Gasteiger partial charge in [-0.3, -0.25) is 9.10 Å². The van der Waals surface area contributed by atoms with Crippen molar-refractivity contribution in [3.8, 4) is 0 Å². The van der Waals surface area contributed by atoms with Crippen LogP contribution in [0.15, 0.2) is 76.5 Å². The van der Waals surface area contributed by atoms with Crippen molar-refractivity contribution in [1.82, 2.24) is 0 Å². The zero-order chi connectivity index (χ0) is 21.9. The zero-order valence-electron chi connectivity index (χ0n) is 16.1. The van der Waals surface area contributed by atoms with E-state index >= 15 is 0 Å². The van der Waals surface area contributed by atoms with E-state index in [1.807, 2.05) is 6.26 Å². The van der Waals surface area contributed by atoms with E-state index in [2.05, 4.69) is 5.32 Å². The predicted molar refractivity (Wildman–Crippen MR) is 120 cm³/mol. The molecule has 0 spiro atoms. The molecule has 1 amide bonds. The van der Waals surface area contributed by atoms with Crippen LogP contribution >= 0.6 is 23.4 Å². The Morgan fingerprint density at radius 2 is 1.67 bits per heavy atom. The predicted octanol–water partition coefficient (Wildman–Crippen LogP) is 5.28. The van der Waals surface area contributed by atoms with Crippen LogP contribution in [0, 0.1) is 5.82 Å². The van der Waals surface area contributed by atoms with Crippen LogP contribution < -0.4 is 9.62 Å². The second-order valence-electron chi connectivity index (χ2n) is 6.28. The summed E-state index contributed by atoms with van der Waals surface area (Å²) in [6.45, 7) is 0. The minimum Gasteiger partial charge on any atom is -0.322 e. The fourth-order valence-corrected chi connectivity index (χ4v) is 4.43. The molecule has 0 aliphatic rings. The Balaban J connectivity index is 1.76. The highest BCUT2D eigenvalue weighted by Gasteiger charge is 2.21. The van der Waals surface area contributed by atoms with Crippen LogP contribution in [0.1, 0.15) is 10.4 Å². The van der Waals surface area contributed by atoms with Gasteiger partial charge in [-0.1, -0.05) is 11.6 Å². The zero-order valence-corrected chi connectivity index (χ0v) is 18.5. The number of rotatable bonds is 6. The van der Waals surface area contributed by atoms with Gasteiger partial charge < -0.3 is 5.32 Å². The first-order valence-electron chi connectivity index (χ1n) is 8.72. The molecule has 0 unspecified atom stereocenters. The summed E-state index contributed by atoms with van der Waals surface area (Å²) in [5.41, 5.74) is 1.07. The molecule has 0 aliphatic carbocycles. The van der Waals surface area contributed by atoms with E-state index in [4.69, 9.17) is 11.6 Å². The summed E-state index contributed by atoms with van der Waals surface area (Å²) in [7, 11) is -2.28. The van der Waals surface area contributed by atoms with Crippen molar-refractivity contribution in [2.45, 2.75) is 9.79 Å². The molecule has 3 rings (SSSR count). The Hall–Kier alpha value is -2.55. The molecule has 0 aromatic heterocycles. The van der Waals surface area contributed by atoms with E-state index in [9.17, 15) is 17.6 Å². The van der Waals surface area contributed by atoms with Gasteiger partial charge in [0.2, 0.25) is 0 Å². The third kappa shape index (κ3) is 4.77. The van der Waals surface area contributed by atoms with Gasteiger partial charge in [-0.2, -0.15) is 0 Å². The van der Waals surface area contributed by atoms with E-state index in [1.165, 1.54) is 43.1 Å². The van der Waals surface area contributed by atoms with Gasteiger partial charge in [0.25, 0.3) is 15.9 Å². The lowest BCUT2D eigenvalue weighted by Crippen LogP contribution is -2.26. The lowest BCUT2D eigenvalue weighted by molar-refractivity contribution is 0.102. The second kappa shape index (κ2) is 9.07. The SMILES string of the molecule is CSc1ccc(S(=O)(=O)N(C)c2ccc(C(=O)Nc3ccc(F)c(Cl)c3)cc2)cc1. The van der Waals surface area contributed by atoms with Gasteiger partial charge in [-0.15, -0.1) is 11.8 Å². The van der Waals surface area contributed by atoms with Gasteiger partial charge >= 0.3 is 0 Å². The summed E-state index contributed by atoms with van der Waals surface area (Å²) >= 11 is 7.25. The largest absolute Gasteiger partial charge is 0.322 e. The molecule has 3 aromatic carbocycles. The van der Waals surface area contributed by atoms with Crippen LogP contribution in [0.4, 0.5) is 15.8 Å². The van der Waals surface area contributed by atoms with Crippen LogP contribution in [0.5, 0.6) is 0 Å². The minimum atomic E-state index is -3.73. The molecule has 9 heteroatoms. The van der Waals surface area contributed by atoms with Gasteiger partial charge in [0.1, 0.15) is 5.82 Å².